The van der Waals surface area contributed by atoms with Gasteiger partial charge in [0, 0.05) is 37.7 Å². The number of amides is 3. The summed E-state index contributed by atoms with van der Waals surface area (Å²) in [4.78, 5) is 59.2. The maximum Gasteiger partial charge on any atom is 0.257 e. The van der Waals surface area contributed by atoms with Crippen LogP contribution in [0.2, 0.25) is 0 Å². The minimum Gasteiger partial charge on any atom is -0.384 e. The second-order valence-electron chi connectivity index (χ2n) is 5.65. The molecule has 0 bridgehead atoms. The number of nitrogens with one attached hydrogen (secondary N) is 2. The number of anilines is 1. The van der Waals surface area contributed by atoms with Gasteiger partial charge >= 0.3 is 0 Å². The van der Waals surface area contributed by atoms with Crippen molar-refractivity contribution in [3.63, 3.8) is 0 Å². The number of carbonyl (C=O) groups excluding carboxylic acids is 5. The summed E-state index contributed by atoms with van der Waals surface area (Å²) in [6, 6.07) is 3.97. The van der Waals surface area contributed by atoms with E-state index in [0.29, 0.717) is 18.5 Å². The smallest absolute Gasteiger partial charge is 0.257 e. The third-order valence-electron chi connectivity index (χ3n) is 4.01. The first-order valence-electron chi connectivity index (χ1n) is 7.86. The number of nitrogens with zero attached hydrogens (tertiary/aromatic N) is 1. The van der Waals surface area contributed by atoms with Crippen molar-refractivity contribution >= 4 is 36.0 Å². The quantitative estimate of drug-likeness (QED) is 0.420. The molecule has 1 aliphatic heterocycles. The molecule has 1 fully saturated rings. The largest absolute Gasteiger partial charge is 0.384 e. The topological polar surface area (TPSA) is 113 Å². The molecule has 132 valence electrons. The van der Waals surface area contributed by atoms with E-state index < -0.39 is 17.9 Å². The average Bonchev–Trinajstić information content (AvgIpc) is 2.60. The second-order valence-corrected chi connectivity index (χ2v) is 5.65. The summed E-state index contributed by atoms with van der Waals surface area (Å²) in [6.45, 7) is 0.314. The van der Waals surface area contributed by atoms with Crippen LogP contribution in [-0.2, 0) is 14.4 Å². The van der Waals surface area contributed by atoms with E-state index in [2.05, 4.69) is 10.6 Å². The predicted molar refractivity (Wildman–Crippen MR) is 89.3 cm³/mol. The van der Waals surface area contributed by atoms with Crippen LogP contribution in [-0.4, -0.2) is 54.8 Å². The van der Waals surface area contributed by atoms with Gasteiger partial charge in [0.25, 0.3) is 5.91 Å². The molecule has 1 aliphatic rings. The molecule has 1 aromatic rings. The maximum atomic E-state index is 12.9. The number of likely N-dealkylation sites (N-methyl/N-ethyl adjacent to an activating group) is 1. The average molecular weight is 345 g/mol. The highest BCUT2D eigenvalue weighted by atomic mass is 16.2. The van der Waals surface area contributed by atoms with Gasteiger partial charge < -0.3 is 15.0 Å². The molecule has 0 radical (unpaired) electrons. The fourth-order valence-electron chi connectivity index (χ4n) is 2.69. The van der Waals surface area contributed by atoms with Gasteiger partial charge in [0.05, 0.1) is 5.56 Å². The van der Waals surface area contributed by atoms with Crippen molar-refractivity contribution in [3.8, 4) is 0 Å². The zero-order valence-electron chi connectivity index (χ0n) is 13.8. The van der Waals surface area contributed by atoms with Crippen LogP contribution >= 0.6 is 0 Å². The van der Waals surface area contributed by atoms with E-state index in [9.17, 15) is 24.0 Å². The highest BCUT2D eigenvalue weighted by Gasteiger charge is 2.33. The fraction of sp³-hybridized carbons (Fsp3) is 0.353. The monoisotopic (exact) mass is 345 g/mol. The zero-order chi connectivity index (χ0) is 18.4. The van der Waals surface area contributed by atoms with Crippen LogP contribution in [0.5, 0.6) is 0 Å². The summed E-state index contributed by atoms with van der Waals surface area (Å²) in [7, 11) is 1.46. The van der Waals surface area contributed by atoms with Gasteiger partial charge in [-0.25, -0.2) is 0 Å². The highest BCUT2D eigenvalue weighted by molar-refractivity contribution is 6.08. The molecule has 1 aromatic carbocycles. The normalized spacial score (nSPS) is 16.8. The number of aldehydes is 2. The predicted octanol–water partition coefficient (Wildman–Crippen LogP) is 0.377. The summed E-state index contributed by atoms with van der Waals surface area (Å²) in [6.07, 6.45) is 1.93. The van der Waals surface area contributed by atoms with Crippen LogP contribution in [0, 0.1) is 0 Å². The number of rotatable bonds is 7. The van der Waals surface area contributed by atoms with Gasteiger partial charge in [-0.1, -0.05) is 12.1 Å². The lowest BCUT2D eigenvalue weighted by atomic mass is 10.0. The first-order chi connectivity index (χ1) is 12.0. The van der Waals surface area contributed by atoms with E-state index in [4.69, 9.17) is 0 Å². The Bertz CT molecular complexity index is 716. The van der Waals surface area contributed by atoms with Gasteiger partial charge in [0.15, 0.2) is 6.29 Å². The Kier molecular flexibility index (Phi) is 5.99. The van der Waals surface area contributed by atoms with Gasteiger partial charge in [-0.05, 0) is 12.5 Å². The van der Waals surface area contributed by atoms with Gasteiger partial charge in [0.2, 0.25) is 11.8 Å². The molecule has 1 saturated heterocycles. The Morgan fingerprint density at radius 2 is 2.12 bits per heavy atom. The molecule has 8 nitrogen and oxygen atoms in total. The minimum atomic E-state index is -0.785. The standard InChI is InChI=1S/C17H19N3O5/c1-20(13-6-7-14(23)19-16(13)24)17(25)15-11(10-22)4-2-5-12(15)18-8-3-9-21/h2,4-5,9-10,13,18H,3,6-8H2,1H3,(H,19,23,24). The van der Waals surface area contributed by atoms with Crippen LogP contribution in [0.15, 0.2) is 18.2 Å². The molecule has 0 spiro atoms. The van der Waals surface area contributed by atoms with Crippen LogP contribution in [0.1, 0.15) is 40.0 Å². The van der Waals surface area contributed by atoms with Gasteiger partial charge in [-0.3, -0.25) is 24.5 Å². The van der Waals surface area contributed by atoms with Crippen molar-refractivity contribution in [3.05, 3.63) is 29.3 Å². The summed E-state index contributed by atoms with van der Waals surface area (Å²) in [5, 5.41) is 5.16. The highest BCUT2D eigenvalue weighted by Crippen LogP contribution is 2.23. The Morgan fingerprint density at radius 1 is 1.36 bits per heavy atom. The first-order valence-corrected chi connectivity index (χ1v) is 7.86. The van der Waals surface area contributed by atoms with E-state index in [1.807, 2.05) is 0 Å². The van der Waals surface area contributed by atoms with E-state index >= 15 is 0 Å². The molecule has 0 saturated carbocycles. The molecule has 1 unspecified atom stereocenters. The number of carbonyl (C=O) groups is 5. The van der Waals surface area contributed by atoms with Crippen molar-refractivity contribution < 1.29 is 24.0 Å². The van der Waals surface area contributed by atoms with Crippen molar-refractivity contribution in [2.75, 3.05) is 18.9 Å². The van der Waals surface area contributed by atoms with Crippen molar-refractivity contribution in [2.24, 2.45) is 0 Å². The van der Waals surface area contributed by atoms with Crippen LogP contribution < -0.4 is 10.6 Å². The molecule has 25 heavy (non-hydrogen) atoms. The van der Waals surface area contributed by atoms with E-state index in [1.54, 1.807) is 12.1 Å². The maximum absolute atomic E-state index is 12.9. The third kappa shape index (κ3) is 4.09. The lowest BCUT2D eigenvalue weighted by molar-refractivity contribution is -0.136. The van der Waals surface area contributed by atoms with Crippen LogP contribution in [0.3, 0.4) is 0 Å². The number of imide groups is 1. The molecule has 0 aromatic heterocycles. The third-order valence-corrected chi connectivity index (χ3v) is 4.01. The zero-order valence-corrected chi connectivity index (χ0v) is 13.8. The van der Waals surface area contributed by atoms with E-state index in [0.717, 1.165) is 6.29 Å². The molecular formula is C17H19N3O5. The lowest BCUT2D eigenvalue weighted by Gasteiger charge is -2.30. The van der Waals surface area contributed by atoms with Gasteiger partial charge in [-0.2, -0.15) is 0 Å². The lowest BCUT2D eigenvalue weighted by Crippen LogP contribution is -2.53. The van der Waals surface area contributed by atoms with E-state index in [1.165, 1.54) is 18.0 Å². The molecule has 1 heterocycles. The van der Waals surface area contributed by atoms with Crippen LogP contribution in [0.4, 0.5) is 5.69 Å². The molecule has 1 atom stereocenters. The number of piperidine rings is 1. The molecule has 0 aliphatic carbocycles. The van der Waals surface area contributed by atoms with Crippen molar-refractivity contribution in [1.29, 1.82) is 0 Å². The van der Waals surface area contributed by atoms with Crippen molar-refractivity contribution in [2.45, 2.75) is 25.3 Å². The molecular weight excluding hydrogens is 326 g/mol. The molecule has 8 heteroatoms. The van der Waals surface area contributed by atoms with Crippen LogP contribution in [0.25, 0.3) is 0 Å². The van der Waals surface area contributed by atoms with Gasteiger partial charge in [-0.15, -0.1) is 0 Å². The summed E-state index contributed by atoms with van der Waals surface area (Å²) < 4.78 is 0. The SMILES string of the molecule is CN(C(=O)c1c(C=O)cccc1NCCC=O)C1CCC(=O)NC1=O. The molecule has 2 N–H and O–H groups in total. The number of hydrogen-bond acceptors (Lipinski definition) is 6. The second kappa shape index (κ2) is 8.18. The van der Waals surface area contributed by atoms with Crippen molar-refractivity contribution in [1.82, 2.24) is 10.2 Å². The summed E-state index contributed by atoms with van der Waals surface area (Å²) in [5.41, 5.74) is 0.728. The Morgan fingerprint density at radius 3 is 2.76 bits per heavy atom. The number of benzene rings is 1. The Labute approximate surface area is 144 Å². The molecule has 3 amide bonds. The fourth-order valence-corrected chi connectivity index (χ4v) is 2.69. The Balaban J connectivity index is 2.30. The van der Waals surface area contributed by atoms with Gasteiger partial charge in [0.1, 0.15) is 12.3 Å². The summed E-state index contributed by atoms with van der Waals surface area (Å²) in [5.74, 6) is -1.41. The minimum absolute atomic E-state index is 0.135. The molecule has 2 rings (SSSR count). The summed E-state index contributed by atoms with van der Waals surface area (Å²) >= 11 is 0. The van der Waals surface area contributed by atoms with E-state index in [-0.39, 0.29) is 36.3 Å². The first kappa shape index (κ1) is 18.3. The Hall–Kier alpha value is -3.03. The number of hydrogen-bond donors (Lipinski definition) is 2.